The zero-order valence-electron chi connectivity index (χ0n) is 9.94. The van der Waals surface area contributed by atoms with Crippen molar-refractivity contribution in [1.29, 1.82) is 0 Å². The molecule has 0 aliphatic carbocycles. The van der Waals surface area contributed by atoms with E-state index in [0.717, 1.165) is 37.2 Å². The third-order valence-electron chi connectivity index (χ3n) is 3.03. The Labute approximate surface area is 96.4 Å². The molecule has 2 rings (SSSR count). The molecule has 1 saturated heterocycles. The van der Waals surface area contributed by atoms with Crippen molar-refractivity contribution in [2.45, 2.75) is 25.9 Å². The predicted molar refractivity (Wildman–Crippen MR) is 64.5 cm³/mol. The lowest BCUT2D eigenvalue weighted by Crippen LogP contribution is -2.35. The average Bonchev–Trinajstić information content (AvgIpc) is 2.27. The molecule has 1 fully saturated rings. The molecule has 2 N–H and O–H groups in total. The van der Waals surface area contributed by atoms with Crippen molar-refractivity contribution in [2.24, 2.45) is 0 Å². The fourth-order valence-corrected chi connectivity index (χ4v) is 1.93. The molecule has 0 amide bonds. The molecule has 4 heteroatoms. The zero-order valence-corrected chi connectivity index (χ0v) is 9.94. The monoisotopic (exact) mass is 221 g/mol. The van der Waals surface area contributed by atoms with Gasteiger partial charge in [-0.2, -0.15) is 0 Å². The van der Waals surface area contributed by atoms with Crippen LogP contribution in [0.3, 0.4) is 0 Å². The number of nitrogen functional groups attached to an aromatic ring is 1. The molecule has 1 aliphatic rings. The third kappa shape index (κ3) is 2.64. The maximum atomic E-state index is 5.97. The Bertz CT molecular complexity index is 359. The van der Waals surface area contributed by atoms with E-state index >= 15 is 0 Å². The van der Waals surface area contributed by atoms with E-state index < -0.39 is 0 Å². The molecule has 0 saturated carbocycles. The molecule has 88 valence electrons. The van der Waals surface area contributed by atoms with E-state index in [0.29, 0.717) is 11.9 Å². The predicted octanol–water partition coefficient (Wildman–Crippen LogP) is 1.45. The third-order valence-corrected chi connectivity index (χ3v) is 3.03. The second kappa shape index (κ2) is 4.70. The second-order valence-electron chi connectivity index (χ2n) is 4.50. The van der Waals surface area contributed by atoms with Crippen molar-refractivity contribution in [1.82, 2.24) is 9.88 Å². The summed E-state index contributed by atoms with van der Waals surface area (Å²) in [5.74, 6) is 1.40. The minimum atomic E-state index is 0.316. The van der Waals surface area contributed by atoms with E-state index in [-0.39, 0.29) is 0 Å². The van der Waals surface area contributed by atoms with Gasteiger partial charge in [-0.05, 0) is 26.8 Å². The van der Waals surface area contributed by atoms with Gasteiger partial charge in [0.2, 0.25) is 0 Å². The number of hydrogen-bond acceptors (Lipinski definition) is 4. The van der Waals surface area contributed by atoms with Gasteiger partial charge in [0.25, 0.3) is 0 Å². The summed E-state index contributed by atoms with van der Waals surface area (Å²) in [6.07, 6.45) is 4.24. The van der Waals surface area contributed by atoms with Crippen LogP contribution < -0.4 is 10.5 Å². The van der Waals surface area contributed by atoms with Crippen molar-refractivity contribution in [2.75, 3.05) is 25.9 Å². The van der Waals surface area contributed by atoms with Crippen molar-refractivity contribution in [3.63, 3.8) is 0 Å². The Morgan fingerprint density at radius 1 is 1.44 bits per heavy atom. The van der Waals surface area contributed by atoms with Crippen molar-refractivity contribution >= 4 is 5.82 Å². The van der Waals surface area contributed by atoms with E-state index in [4.69, 9.17) is 10.5 Å². The zero-order chi connectivity index (χ0) is 11.5. The first-order valence-corrected chi connectivity index (χ1v) is 5.72. The Morgan fingerprint density at radius 2 is 2.12 bits per heavy atom. The number of aromatic nitrogens is 1. The van der Waals surface area contributed by atoms with Crippen LogP contribution in [0.15, 0.2) is 12.3 Å². The van der Waals surface area contributed by atoms with Gasteiger partial charge in [-0.15, -0.1) is 0 Å². The molecule has 16 heavy (non-hydrogen) atoms. The van der Waals surface area contributed by atoms with E-state index in [9.17, 15) is 0 Å². The minimum absolute atomic E-state index is 0.316. The number of nitrogens with zero attached hydrogens (tertiary/aromatic N) is 2. The Morgan fingerprint density at radius 3 is 2.81 bits per heavy atom. The Balaban J connectivity index is 2.00. The van der Waals surface area contributed by atoms with Crippen molar-refractivity contribution in [3.8, 4) is 5.75 Å². The highest BCUT2D eigenvalue weighted by Gasteiger charge is 2.18. The van der Waals surface area contributed by atoms with Crippen LogP contribution in [-0.2, 0) is 0 Å². The molecular formula is C12H19N3O. The van der Waals surface area contributed by atoms with Crippen molar-refractivity contribution in [3.05, 3.63) is 17.8 Å². The van der Waals surface area contributed by atoms with Crippen LogP contribution in [0.2, 0.25) is 0 Å². The fraction of sp³-hybridized carbons (Fsp3) is 0.583. The van der Waals surface area contributed by atoms with Crippen molar-refractivity contribution < 1.29 is 4.74 Å². The molecule has 0 radical (unpaired) electrons. The number of likely N-dealkylation sites (tertiary alicyclic amines) is 1. The van der Waals surface area contributed by atoms with Crippen LogP contribution in [0.1, 0.15) is 18.4 Å². The fourth-order valence-electron chi connectivity index (χ4n) is 1.93. The number of rotatable bonds is 2. The summed E-state index contributed by atoms with van der Waals surface area (Å²) in [4.78, 5) is 6.36. The van der Waals surface area contributed by atoms with E-state index in [1.807, 2.05) is 13.0 Å². The molecule has 2 heterocycles. The van der Waals surface area contributed by atoms with Gasteiger partial charge in [-0.25, -0.2) is 4.98 Å². The van der Waals surface area contributed by atoms with Gasteiger partial charge in [-0.3, -0.25) is 0 Å². The highest BCUT2D eigenvalue weighted by atomic mass is 16.5. The Kier molecular flexibility index (Phi) is 3.29. The largest absolute Gasteiger partial charge is 0.490 e. The van der Waals surface area contributed by atoms with Gasteiger partial charge in [0.15, 0.2) is 0 Å². The maximum absolute atomic E-state index is 5.97. The lowest BCUT2D eigenvalue weighted by Gasteiger charge is -2.29. The average molecular weight is 221 g/mol. The number of anilines is 1. The van der Waals surface area contributed by atoms with Gasteiger partial charge in [0.1, 0.15) is 17.7 Å². The van der Waals surface area contributed by atoms with Crippen LogP contribution in [0.25, 0.3) is 0 Å². The number of nitrogens with two attached hydrogens (primary N) is 1. The highest BCUT2D eigenvalue weighted by Crippen LogP contribution is 2.23. The summed E-state index contributed by atoms with van der Waals surface area (Å²) in [5, 5.41) is 0. The number of aryl methyl sites for hydroxylation is 1. The summed E-state index contributed by atoms with van der Waals surface area (Å²) < 4.78 is 5.97. The number of hydrogen-bond donors (Lipinski definition) is 1. The van der Waals surface area contributed by atoms with Crippen LogP contribution in [0.5, 0.6) is 5.75 Å². The van der Waals surface area contributed by atoms with Gasteiger partial charge >= 0.3 is 0 Å². The minimum Gasteiger partial charge on any atom is -0.490 e. The van der Waals surface area contributed by atoms with Crippen LogP contribution >= 0.6 is 0 Å². The number of pyridine rings is 1. The molecule has 1 aliphatic heterocycles. The van der Waals surface area contributed by atoms with Gasteiger partial charge in [0, 0.05) is 30.9 Å². The molecule has 0 unspecified atom stereocenters. The quantitative estimate of drug-likeness (QED) is 0.821. The molecule has 0 bridgehead atoms. The van der Waals surface area contributed by atoms with Crippen LogP contribution in [0, 0.1) is 6.92 Å². The van der Waals surface area contributed by atoms with Crippen LogP contribution in [0.4, 0.5) is 5.82 Å². The van der Waals surface area contributed by atoms with E-state index in [1.165, 1.54) is 0 Å². The lowest BCUT2D eigenvalue weighted by atomic mass is 10.1. The number of piperidine rings is 1. The molecule has 1 aromatic heterocycles. The molecule has 0 atom stereocenters. The van der Waals surface area contributed by atoms with E-state index in [2.05, 4.69) is 16.9 Å². The molecule has 1 aromatic rings. The molecule has 0 spiro atoms. The topological polar surface area (TPSA) is 51.4 Å². The van der Waals surface area contributed by atoms with Gasteiger partial charge < -0.3 is 15.4 Å². The molecule has 0 aromatic carbocycles. The lowest BCUT2D eigenvalue weighted by molar-refractivity contribution is 0.113. The summed E-state index contributed by atoms with van der Waals surface area (Å²) in [6, 6.07) is 1.81. The first-order chi connectivity index (χ1) is 7.65. The summed E-state index contributed by atoms with van der Waals surface area (Å²) in [6.45, 7) is 4.20. The SMILES string of the molecule is Cc1cnc(N)cc1OC1CCN(C)CC1. The first kappa shape index (κ1) is 11.2. The Hall–Kier alpha value is -1.29. The van der Waals surface area contributed by atoms with Gasteiger partial charge in [0.05, 0.1) is 0 Å². The van der Waals surface area contributed by atoms with Crippen LogP contribution in [-0.4, -0.2) is 36.1 Å². The first-order valence-electron chi connectivity index (χ1n) is 5.72. The standard InChI is InChI=1S/C12H19N3O/c1-9-8-14-12(13)7-11(9)16-10-3-5-15(2)6-4-10/h7-8,10H,3-6H2,1-2H3,(H2,13,14). The highest BCUT2D eigenvalue weighted by molar-refractivity contribution is 5.41. The smallest absolute Gasteiger partial charge is 0.127 e. The van der Waals surface area contributed by atoms with Gasteiger partial charge in [-0.1, -0.05) is 0 Å². The van der Waals surface area contributed by atoms with E-state index in [1.54, 1.807) is 6.20 Å². The molecule has 4 nitrogen and oxygen atoms in total. The maximum Gasteiger partial charge on any atom is 0.127 e. The second-order valence-corrected chi connectivity index (χ2v) is 4.50. The summed E-state index contributed by atoms with van der Waals surface area (Å²) in [5.41, 5.74) is 6.70. The summed E-state index contributed by atoms with van der Waals surface area (Å²) >= 11 is 0. The summed E-state index contributed by atoms with van der Waals surface area (Å²) in [7, 11) is 2.14. The number of ether oxygens (including phenoxy) is 1. The normalized spacial score (nSPS) is 18.6. The molecular weight excluding hydrogens is 202 g/mol.